The first-order valence-electron chi connectivity index (χ1n) is 9.74. The normalized spacial score (nSPS) is 10.9. The van der Waals surface area contributed by atoms with Crippen molar-refractivity contribution >= 4 is 34.1 Å². The van der Waals surface area contributed by atoms with Gasteiger partial charge in [0.2, 0.25) is 0 Å². The van der Waals surface area contributed by atoms with Gasteiger partial charge in [-0.25, -0.2) is 0 Å². The highest BCUT2D eigenvalue weighted by Gasteiger charge is 2.06. The fourth-order valence-corrected chi connectivity index (χ4v) is 2.96. The Morgan fingerprint density at radius 2 is 1.48 bits per heavy atom. The molecule has 31 heavy (non-hydrogen) atoms. The first-order valence-corrected chi connectivity index (χ1v) is 9.74. The van der Waals surface area contributed by atoms with Crippen molar-refractivity contribution < 1.29 is 9.66 Å². The molecule has 9 heteroatoms. The van der Waals surface area contributed by atoms with E-state index >= 15 is 0 Å². The van der Waals surface area contributed by atoms with Gasteiger partial charge in [0.05, 0.1) is 22.8 Å². The van der Waals surface area contributed by atoms with Crippen LogP contribution in [0.5, 0.6) is 5.75 Å². The summed E-state index contributed by atoms with van der Waals surface area (Å²) in [7, 11) is 0. The Kier molecular flexibility index (Phi) is 7.00. The molecule has 3 aromatic carbocycles. The molecule has 0 heterocycles. The van der Waals surface area contributed by atoms with Crippen LogP contribution in [0.25, 0.3) is 0 Å². The molecule has 0 saturated heterocycles. The molecule has 0 aliphatic carbocycles. The van der Waals surface area contributed by atoms with E-state index in [0.29, 0.717) is 41.7 Å². The summed E-state index contributed by atoms with van der Waals surface area (Å²) in [5, 5.41) is 19.0. The third kappa shape index (κ3) is 6.17. The minimum absolute atomic E-state index is 0.0196. The van der Waals surface area contributed by atoms with Crippen LogP contribution in [0.4, 0.5) is 34.1 Å². The molecule has 160 valence electrons. The van der Waals surface area contributed by atoms with Gasteiger partial charge >= 0.3 is 0 Å². The smallest absolute Gasteiger partial charge is 0.269 e. The highest BCUT2D eigenvalue weighted by Crippen LogP contribution is 2.24. The minimum atomic E-state index is -0.449. The van der Waals surface area contributed by atoms with Gasteiger partial charge < -0.3 is 21.1 Å². The second-order valence-electron chi connectivity index (χ2n) is 6.75. The van der Waals surface area contributed by atoms with Crippen molar-refractivity contribution in [2.75, 3.05) is 36.1 Å². The average Bonchev–Trinajstić information content (AvgIpc) is 2.75. The molecule has 0 aliphatic rings. The Hall–Kier alpha value is -4.14. The van der Waals surface area contributed by atoms with Crippen LogP contribution in [-0.2, 0) is 0 Å². The maximum Gasteiger partial charge on any atom is 0.269 e. The molecule has 0 atom stereocenters. The number of azo groups is 1. The van der Waals surface area contributed by atoms with Gasteiger partial charge in [0.25, 0.3) is 5.69 Å². The molecular formula is C22H24N6O3. The largest absolute Gasteiger partial charge is 0.492 e. The van der Waals surface area contributed by atoms with Crippen molar-refractivity contribution in [2.45, 2.75) is 6.92 Å². The number of anilines is 3. The second kappa shape index (κ2) is 10.1. The molecule has 0 spiro atoms. The van der Waals surface area contributed by atoms with Crippen molar-refractivity contribution in [3.8, 4) is 5.75 Å². The van der Waals surface area contributed by atoms with Crippen molar-refractivity contribution in [1.29, 1.82) is 0 Å². The lowest BCUT2D eigenvalue weighted by molar-refractivity contribution is -0.384. The van der Waals surface area contributed by atoms with Gasteiger partial charge in [-0.05, 0) is 49.4 Å². The lowest BCUT2D eigenvalue weighted by Crippen LogP contribution is -2.27. The van der Waals surface area contributed by atoms with Crippen LogP contribution in [0.1, 0.15) is 6.92 Å². The SMILES string of the molecule is CCN(CCOc1cc(N)cc(N)c1)c1ccc(N=Nc2ccc([N+](=O)[O-])cc2)cc1. The molecule has 3 rings (SSSR count). The molecule has 0 fully saturated rings. The number of nitrogen functional groups attached to an aromatic ring is 2. The van der Waals surface area contributed by atoms with E-state index in [1.807, 2.05) is 24.3 Å². The summed E-state index contributed by atoms with van der Waals surface area (Å²) in [6.45, 7) is 4.06. The van der Waals surface area contributed by atoms with E-state index in [-0.39, 0.29) is 5.69 Å². The van der Waals surface area contributed by atoms with Crippen molar-refractivity contribution in [1.82, 2.24) is 0 Å². The van der Waals surface area contributed by atoms with Crippen LogP contribution in [0, 0.1) is 10.1 Å². The fraction of sp³-hybridized carbons (Fsp3) is 0.182. The molecule has 9 nitrogen and oxygen atoms in total. The van der Waals surface area contributed by atoms with Crippen LogP contribution in [0.2, 0.25) is 0 Å². The molecule has 0 aromatic heterocycles. The number of nitro benzene ring substituents is 1. The van der Waals surface area contributed by atoms with Gasteiger partial charge in [-0.1, -0.05) is 0 Å². The lowest BCUT2D eigenvalue weighted by atomic mass is 10.2. The number of nitrogens with two attached hydrogens (primary N) is 2. The van der Waals surface area contributed by atoms with E-state index in [4.69, 9.17) is 16.2 Å². The number of hydrogen-bond acceptors (Lipinski definition) is 8. The van der Waals surface area contributed by atoms with Crippen molar-refractivity contribution in [3.63, 3.8) is 0 Å². The van der Waals surface area contributed by atoms with E-state index in [1.165, 1.54) is 12.1 Å². The molecule has 0 saturated carbocycles. The quantitative estimate of drug-likeness (QED) is 0.215. The van der Waals surface area contributed by atoms with Crippen molar-refractivity contribution in [2.24, 2.45) is 10.2 Å². The Morgan fingerprint density at radius 1 is 0.935 bits per heavy atom. The molecule has 0 unspecified atom stereocenters. The summed E-state index contributed by atoms with van der Waals surface area (Å²) in [5.74, 6) is 0.649. The summed E-state index contributed by atoms with van der Waals surface area (Å²) in [6, 6.07) is 18.8. The van der Waals surface area contributed by atoms with Crippen LogP contribution < -0.4 is 21.1 Å². The van der Waals surface area contributed by atoms with Crippen LogP contribution in [-0.4, -0.2) is 24.6 Å². The maximum absolute atomic E-state index is 10.7. The third-order valence-electron chi connectivity index (χ3n) is 4.52. The molecular weight excluding hydrogens is 396 g/mol. The predicted octanol–water partition coefficient (Wildman–Crippen LogP) is 5.08. The zero-order valence-corrected chi connectivity index (χ0v) is 17.1. The maximum atomic E-state index is 10.7. The highest BCUT2D eigenvalue weighted by atomic mass is 16.6. The Bertz CT molecular complexity index is 1030. The predicted molar refractivity (Wildman–Crippen MR) is 122 cm³/mol. The summed E-state index contributed by atoms with van der Waals surface area (Å²) in [4.78, 5) is 12.4. The first-order chi connectivity index (χ1) is 14.9. The average molecular weight is 420 g/mol. The summed E-state index contributed by atoms with van der Waals surface area (Å²) in [6.07, 6.45) is 0. The molecule has 0 bridgehead atoms. The summed E-state index contributed by atoms with van der Waals surface area (Å²) < 4.78 is 5.78. The highest BCUT2D eigenvalue weighted by molar-refractivity contribution is 5.57. The van der Waals surface area contributed by atoms with Crippen LogP contribution in [0.3, 0.4) is 0 Å². The fourth-order valence-electron chi connectivity index (χ4n) is 2.96. The standard InChI is InChI=1S/C22H24N6O3/c1-2-27(11-12-31-22-14-16(23)13-17(24)15-22)20-7-3-18(4-8-20)25-26-19-5-9-21(10-6-19)28(29)30/h3-10,13-15H,2,11-12,23-24H2,1H3. The number of benzene rings is 3. The molecule has 0 radical (unpaired) electrons. The van der Waals surface area contributed by atoms with Gasteiger partial charge in [-0.15, -0.1) is 0 Å². The van der Waals surface area contributed by atoms with Gasteiger partial charge in [0, 0.05) is 47.9 Å². The number of hydrogen-bond donors (Lipinski definition) is 2. The minimum Gasteiger partial charge on any atom is -0.492 e. The van der Waals surface area contributed by atoms with Gasteiger partial charge in [0.15, 0.2) is 0 Å². The molecule has 0 amide bonds. The van der Waals surface area contributed by atoms with Gasteiger partial charge in [0.1, 0.15) is 12.4 Å². The molecule has 3 aromatic rings. The number of nitrogens with zero attached hydrogens (tertiary/aromatic N) is 4. The van der Waals surface area contributed by atoms with E-state index in [2.05, 4.69) is 22.1 Å². The Morgan fingerprint density at radius 3 is 2.00 bits per heavy atom. The van der Waals surface area contributed by atoms with E-state index in [9.17, 15) is 10.1 Å². The van der Waals surface area contributed by atoms with Crippen LogP contribution in [0.15, 0.2) is 77.0 Å². The third-order valence-corrected chi connectivity index (χ3v) is 4.52. The Balaban J connectivity index is 1.57. The van der Waals surface area contributed by atoms with E-state index in [0.717, 1.165) is 12.2 Å². The monoisotopic (exact) mass is 420 g/mol. The number of ether oxygens (including phenoxy) is 1. The van der Waals surface area contributed by atoms with Crippen LogP contribution >= 0.6 is 0 Å². The number of nitro groups is 1. The number of non-ortho nitro benzene ring substituents is 1. The topological polar surface area (TPSA) is 132 Å². The Labute approximate surface area is 180 Å². The molecule has 4 N–H and O–H groups in total. The zero-order chi connectivity index (χ0) is 22.2. The first kappa shape index (κ1) is 21.6. The summed E-state index contributed by atoms with van der Waals surface area (Å²) >= 11 is 0. The van der Waals surface area contributed by atoms with E-state index < -0.39 is 4.92 Å². The zero-order valence-electron chi connectivity index (χ0n) is 17.1. The number of likely N-dealkylation sites (N-methyl/N-ethyl adjacent to an activating group) is 1. The lowest BCUT2D eigenvalue weighted by Gasteiger charge is -2.23. The van der Waals surface area contributed by atoms with Gasteiger partial charge in [-0.3, -0.25) is 10.1 Å². The van der Waals surface area contributed by atoms with E-state index in [1.54, 1.807) is 30.3 Å². The van der Waals surface area contributed by atoms with Crippen molar-refractivity contribution in [3.05, 3.63) is 76.8 Å². The second-order valence-corrected chi connectivity index (χ2v) is 6.75. The van der Waals surface area contributed by atoms with Gasteiger partial charge in [-0.2, -0.15) is 10.2 Å². The summed E-state index contributed by atoms with van der Waals surface area (Å²) in [5.41, 5.74) is 15.0. The molecule has 0 aliphatic heterocycles. The number of rotatable bonds is 9.